The molecule has 0 saturated carbocycles. The number of hydrogen-bond acceptors (Lipinski definition) is 3. The molecule has 0 N–H and O–H groups in total. The Kier molecular flexibility index (Phi) is 4.42. The quantitative estimate of drug-likeness (QED) is 0.800. The van der Waals surface area contributed by atoms with E-state index in [1.807, 2.05) is 6.92 Å². The molecule has 0 aliphatic rings. The molecule has 3 nitrogen and oxygen atoms in total. The van der Waals surface area contributed by atoms with Gasteiger partial charge in [0.15, 0.2) is 11.5 Å². The highest BCUT2D eigenvalue weighted by Gasteiger charge is 2.13. The van der Waals surface area contributed by atoms with Crippen LogP contribution in [0.15, 0.2) is 16.6 Å². The zero-order valence-corrected chi connectivity index (χ0v) is 10.7. The lowest BCUT2D eigenvalue weighted by atomic mass is 10.2. The molecule has 0 unspecified atom stereocenters. The van der Waals surface area contributed by atoms with Crippen LogP contribution in [-0.2, 0) is 0 Å². The second-order valence-electron chi connectivity index (χ2n) is 2.69. The molecule has 15 heavy (non-hydrogen) atoms. The van der Waals surface area contributed by atoms with Crippen LogP contribution in [0.2, 0.25) is 0 Å². The summed E-state index contributed by atoms with van der Waals surface area (Å²) < 4.78 is 11.0. The fraction of sp³-hybridized carbons (Fsp3) is 0.300. The fourth-order valence-corrected chi connectivity index (χ4v) is 1.89. The summed E-state index contributed by atoms with van der Waals surface area (Å²) in [7, 11) is 1.51. The van der Waals surface area contributed by atoms with Crippen LogP contribution in [0.5, 0.6) is 11.5 Å². The summed E-state index contributed by atoms with van der Waals surface area (Å²) in [6.07, 6.45) is 0. The molecule has 0 atom stereocenters. The lowest BCUT2D eigenvalue weighted by Crippen LogP contribution is -1.98. The summed E-state index contributed by atoms with van der Waals surface area (Å²) >= 11 is 8.64. The van der Waals surface area contributed by atoms with Crippen LogP contribution < -0.4 is 9.47 Å². The predicted molar refractivity (Wildman–Crippen MR) is 62.0 cm³/mol. The van der Waals surface area contributed by atoms with Gasteiger partial charge in [-0.2, -0.15) is 0 Å². The van der Waals surface area contributed by atoms with E-state index in [4.69, 9.17) is 21.1 Å². The van der Waals surface area contributed by atoms with E-state index < -0.39 is 5.24 Å². The van der Waals surface area contributed by atoms with Crippen molar-refractivity contribution in [3.8, 4) is 11.5 Å². The summed E-state index contributed by atoms with van der Waals surface area (Å²) in [5, 5.41) is -0.539. The van der Waals surface area contributed by atoms with Crippen LogP contribution in [0.1, 0.15) is 17.3 Å². The smallest absolute Gasteiger partial charge is 0.253 e. The predicted octanol–water partition coefficient (Wildman–Crippen LogP) is 3.24. The van der Waals surface area contributed by atoms with Crippen molar-refractivity contribution in [3.05, 3.63) is 22.2 Å². The van der Waals surface area contributed by atoms with Crippen LogP contribution in [0, 0.1) is 0 Å². The van der Waals surface area contributed by atoms with Crippen LogP contribution in [0.25, 0.3) is 0 Å². The summed E-state index contributed by atoms with van der Waals surface area (Å²) in [5.41, 5.74) is 0.358. The number of carbonyl (C=O) groups is 1. The van der Waals surface area contributed by atoms with Crippen molar-refractivity contribution < 1.29 is 14.3 Å². The molecule has 0 aliphatic carbocycles. The summed E-state index contributed by atoms with van der Waals surface area (Å²) in [4.78, 5) is 11.0. The normalized spacial score (nSPS) is 9.87. The Hall–Kier alpha value is -0.740. The Morgan fingerprint density at radius 2 is 2.13 bits per heavy atom. The average molecular weight is 294 g/mol. The first-order valence-corrected chi connectivity index (χ1v) is 5.47. The highest BCUT2D eigenvalue weighted by Crippen LogP contribution is 2.34. The highest BCUT2D eigenvalue weighted by molar-refractivity contribution is 9.10. The Labute approximate surface area is 101 Å². The zero-order chi connectivity index (χ0) is 11.4. The van der Waals surface area contributed by atoms with Crippen molar-refractivity contribution in [2.24, 2.45) is 0 Å². The fourth-order valence-electron chi connectivity index (χ4n) is 1.11. The topological polar surface area (TPSA) is 35.5 Å². The lowest BCUT2D eigenvalue weighted by Gasteiger charge is -2.11. The molecule has 0 radical (unpaired) electrons. The molecule has 0 fully saturated rings. The van der Waals surface area contributed by atoms with E-state index in [1.54, 1.807) is 12.1 Å². The minimum absolute atomic E-state index is 0.358. The van der Waals surface area contributed by atoms with E-state index in [0.717, 1.165) is 0 Å². The minimum atomic E-state index is -0.539. The van der Waals surface area contributed by atoms with Crippen molar-refractivity contribution >= 4 is 32.8 Å². The third-order valence-electron chi connectivity index (χ3n) is 1.76. The molecule has 5 heteroatoms. The molecule has 1 aromatic carbocycles. The van der Waals surface area contributed by atoms with Gasteiger partial charge in [0.2, 0.25) is 0 Å². The van der Waals surface area contributed by atoms with E-state index in [0.29, 0.717) is 28.1 Å². The van der Waals surface area contributed by atoms with Gasteiger partial charge in [0, 0.05) is 4.47 Å². The number of halogens is 2. The van der Waals surface area contributed by atoms with Gasteiger partial charge in [-0.25, -0.2) is 0 Å². The SMILES string of the molecule is CCOc1cc(Br)c(C(=O)Cl)cc1OC. The minimum Gasteiger partial charge on any atom is -0.493 e. The molecule has 0 heterocycles. The molecular weight excluding hydrogens is 283 g/mol. The summed E-state index contributed by atoms with van der Waals surface area (Å²) in [6.45, 7) is 2.39. The van der Waals surface area contributed by atoms with E-state index >= 15 is 0 Å². The first-order valence-electron chi connectivity index (χ1n) is 4.30. The molecule has 0 spiro atoms. The van der Waals surface area contributed by atoms with Gasteiger partial charge in [0.1, 0.15) is 0 Å². The number of benzene rings is 1. The average Bonchev–Trinajstić information content (AvgIpc) is 2.18. The van der Waals surface area contributed by atoms with Crippen molar-refractivity contribution in [1.82, 2.24) is 0 Å². The maximum atomic E-state index is 11.0. The zero-order valence-electron chi connectivity index (χ0n) is 8.34. The number of hydrogen-bond donors (Lipinski definition) is 0. The van der Waals surface area contributed by atoms with Crippen LogP contribution >= 0.6 is 27.5 Å². The monoisotopic (exact) mass is 292 g/mol. The molecule has 0 bridgehead atoms. The van der Waals surface area contributed by atoms with Crippen molar-refractivity contribution in [2.45, 2.75) is 6.92 Å². The van der Waals surface area contributed by atoms with E-state index in [2.05, 4.69) is 15.9 Å². The van der Waals surface area contributed by atoms with Gasteiger partial charge in [-0.1, -0.05) is 0 Å². The van der Waals surface area contributed by atoms with E-state index in [1.165, 1.54) is 7.11 Å². The third-order valence-corrected chi connectivity index (χ3v) is 2.62. The molecule has 0 aromatic heterocycles. The van der Waals surface area contributed by atoms with Gasteiger partial charge in [0.25, 0.3) is 5.24 Å². The van der Waals surface area contributed by atoms with Gasteiger partial charge in [-0.05, 0) is 46.6 Å². The number of carbonyl (C=O) groups excluding carboxylic acids is 1. The maximum Gasteiger partial charge on any atom is 0.253 e. The summed E-state index contributed by atoms with van der Waals surface area (Å²) in [5.74, 6) is 1.07. The Balaban J connectivity index is 3.22. The Bertz CT molecular complexity index is 379. The molecular formula is C10H10BrClO3. The Morgan fingerprint density at radius 3 is 2.60 bits per heavy atom. The molecule has 1 rings (SSSR count). The van der Waals surface area contributed by atoms with E-state index in [9.17, 15) is 4.79 Å². The highest BCUT2D eigenvalue weighted by atomic mass is 79.9. The van der Waals surface area contributed by atoms with Gasteiger partial charge in [0.05, 0.1) is 19.3 Å². The molecule has 0 aliphatic heterocycles. The standard InChI is InChI=1S/C10H10BrClO3/c1-3-15-9-5-7(11)6(10(12)13)4-8(9)14-2/h4-5H,3H2,1-2H3. The molecule has 0 amide bonds. The lowest BCUT2D eigenvalue weighted by molar-refractivity contribution is 0.108. The van der Waals surface area contributed by atoms with Gasteiger partial charge < -0.3 is 9.47 Å². The first-order chi connectivity index (χ1) is 7.10. The van der Waals surface area contributed by atoms with Gasteiger partial charge in [-0.15, -0.1) is 0 Å². The Morgan fingerprint density at radius 1 is 1.47 bits per heavy atom. The third kappa shape index (κ3) is 2.86. The van der Waals surface area contributed by atoms with Crippen molar-refractivity contribution in [2.75, 3.05) is 13.7 Å². The largest absolute Gasteiger partial charge is 0.493 e. The van der Waals surface area contributed by atoms with Crippen LogP contribution in [0.3, 0.4) is 0 Å². The van der Waals surface area contributed by atoms with Gasteiger partial charge >= 0.3 is 0 Å². The number of ether oxygens (including phenoxy) is 2. The van der Waals surface area contributed by atoms with Crippen molar-refractivity contribution in [3.63, 3.8) is 0 Å². The molecule has 1 aromatic rings. The van der Waals surface area contributed by atoms with Gasteiger partial charge in [-0.3, -0.25) is 4.79 Å². The second-order valence-corrected chi connectivity index (χ2v) is 3.89. The molecule has 82 valence electrons. The van der Waals surface area contributed by atoms with E-state index in [-0.39, 0.29) is 0 Å². The molecule has 0 saturated heterocycles. The maximum absolute atomic E-state index is 11.0. The van der Waals surface area contributed by atoms with Crippen molar-refractivity contribution in [1.29, 1.82) is 0 Å². The number of methoxy groups -OCH3 is 1. The second kappa shape index (κ2) is 5.37. The van der Waals surface area contributed by atoms with Crippen LogP contribution in [0.4, 0.5) is 0 Å². The van der Waals surface area contributed by atoms with Crippen LogP contribution in [-0.4, -0.2) is 19.0 Å². The number of rotatable bonds is 4. The first kappa shape index (κ1) is 12.3. The summed E-state index contributed by atoms with van der Waals surface area (Å²) in [6, 6.07) is 3.21.